The van der Waals surface area contributed by atoms with Gasteiger partial charge in [0.2, 0.25) is 0 Å². The summed E-state index contributed by atoms with van der Waals surface area (Å²) >= 11 is 0. The van der Waals surface area contributed by atoms with E-state index < -0.39 is 0 Å². The number of nitrogens with one attached hydrogen (secondary N) is 1. The Morgan fingerprint density at radius 1 is 1.62 bits per heavy atom. The van der Waals surface area contributed by atoms with E-state index in [1.165, 1.54) is 17.7 Å². The zero-order valence-corrected chi connectivity index (χ0v) is 10.1. The molecule has 0 amide bonds. The molecule has 3 nitrogen and oxygen atoms in total. The van der Waals surface area contributed by atoms with E-state index in [1.54, 1.807) is 0 Å². The van der Waals surface area contributed by atoms with Crippen LogP contribution >= 0.6 is 0 Å². The van der Waals surface area contributed by atoms with Crippen molar-refractivity contribution >= 4 is 0 Å². The average molecular weight is 220 g/mol. The van der Waals surface area contributed by atoms with Crippen LogP contribution in [-0.4, -0.2) is 30.8 Å². The molecular formula is C13H20N2O. The summed E-state index contributed by atoms with van der Waals surface area (Å²) < 4.78 is 5.73. The van der Waals surface area contributed by atoms with Gasteiger partial charge in [0.15, 0.2) is 0 Å². The lowest BCUT2D eigenvalue weighted by Gasteiger charge is -2.22. The highest BCUT2D eigenvalue weighted by molar-refractivity contribution is 5.19. The van der Waals surface area contributed by atoms with E-state index in [0.29, 0.717) is 12.1 Å². The van der Waals surface area contributed by atoms with Gasteiger partial charge in [-0.25, -0.2) is 0 Å². The number of hydrogen-bond acceptors (Lipinski definition) is 3. The van der Waals surface area contributed by atoms with Gasteiger partial charge in [0.1, 0.15) is 0 Å². The van der Waals surface area contributed by atoms with Crippen LogP contribution in [0.4, 0.5) is 0 Å². The predicted molar refractivity (Wildman–Crippen MR) is 64.5 cm³/mol. The first-order chi connectivity index (χ1) is 7.81. The molecule has 0 aliphatic carbocycles. The topological polar surface area (TPSA) is 34.2 Å². The number of aromatic nitrogens is 1. The van der Waals surface area contributed by atoms with Crippen LogP contribution in [0, 0.1) is 6.92 Å². The van der Waals surface area contributed by atoms with E-state index in [-0.39, 0.29) is 0 Å². The molecule has 0 radical (unpaired) electrons. The molecule has 2 atom stereocenters. The number of pyridine rings is 1. The van der Waals surface area contributed by atoms with Crippen LogP contribution in [0.3, 0.4) is 0 Å². The molecule has 1 aromatic rings. The summed E-state index contributed by atoms with van der Waals surface area (Å²) in [6.45, 7) is 3.02. The van der Waals surface area contributed by atoms with Gasteiger partial charge in [-0.2, -0.15) is 0 Å². The van der Waals surface area contributed by atoms with Gasteiger partial charge in [-0.1, -0.05) is 6.07 Å². The van der Waals surface area contributed by atoms with Crippen molar-refractivity contribution in [3.63, 3.8) is 0 Å². The monoisotopic (exact) mass is 220 g/mol. The zero-order valence-electron chi connectivity index (χ0n) is 10.1. The van der Waals surface area contributed by atoms with Gasteiger partial charge in [-0.3, -0.25) is 4.98 Å². The van der Waals surface area contributed by atoms with Crippen molar-refractivity contribution in [3.05, 3.63) is 29.6 Å². The van der Waals surface area contributed by atoms with Crippen LogP contribution < -0.4 is 5.32 Å². The normalized spacial score (nSPS) is 22.2. The summed E-state index contributed by atoms with van der Waals surface area (Å²) in [5.74, 6) is 0. The number of nitrogens with zero attached hydrogens (tertiary/aromatic N) is 1. The first-order valence-electron chi connectivity index (χ1n) is 6.00. The highest BCUT2D eigenvalue weighted by Crippen LogP contribution is 2.18. The minimum atomic E-state index is 0.353. The molecule has 1 aliphatic heterocycles. The second-order valence-corrected chi connectivity index (χ2v) is 4.42. The number of ether oxygens (including phenoxy) is 1. The minimum absolute atomic E-state index is 0.353. The molecule has 1 aromatic heterocycles. The summed E-state index contributed by atoms with van der Waals surface area (Å²) in [6.07, 6.45) is 5.52. The second-order valence-electron chi connectivity index (χ2n) is 4.42. The average Bonchev–Trinajstić information content (AvgIpc) is 2.81. The van der Waals surface area contributed by atoms with Crippen LogP contribution in [0.5, 0.6) is 0 Å². The van der Waals surface area contributed by atoms with Crippen LogP contribution in [0.1, 0.15) is 24.1 Å². The second kappa shape index (κ2) is 5.41. The third-order valence-electron chi connectivity index (χ3n) is 3.32. The Morgan fingerprint density at radius 3 is 3.12 bits per heavy atom. The van der Waals surface area contributed by atoms with Crippen molar-refractivity contribution in [1.29, 1.82) is 0 Å². The van der Waals surface area contributed by atoms with Crippen molar-refractivity contribution in [2.45, 2.75) is 38.3 Å². The molecule has 3 heteroatoms. The van der Waals surface area contributed by atoms with Crippen molar-refractivity contribution in [2.75, 3.05) is 13.7 Å². The maximum Gasteiger partial charge on any atom is 0.0732 e. The molecule has 16 heavy (non-hydrogen) atoms. The molecule has 88 valence electrons. The maximum absolute atomic E-state index is 5.73. The van der Waals surface area contributed by atoms with E-state index in [1.807, 2.05) is 19.3 Å². The summed E-state index contributed by atoms with van der Waals surface area (Å²) in [5, 5.41) is 3.35. The summed E-state index contributed by atoms with van der Waals surface area (Å²) in [7, 11) is 2.00. The van der Waals surface area contributed by atoms with Crippen LogP contribution in [-0.2, 0) is 11.2 Å². The smallest absolute Gasteiger partial charge is 0.0732 e. The van der Waals surface area contributed by atoms with Crippen LogP contribution in [0.25, 0.3) is 0 Å². The molecule has 0 aromatic carbocycles. The van der Waals surface area contributed by atoms with E-state index >= 15 is 0 Å². The Kier molecular flexibility index (Phi) is 3.91. The fourth-order valence-corrected chi connectivity index (χ4v) is 2.28. The first-order valence-corrected chi connectivity index (χ1v) is 6.00. The molecule has 1 aliphatic rings. The minimum Gasteiger partial charge on any atom is -0.377 e. The Morgan fingerprint density at radius 2 is 2.50 bits per heavy atom. The summed E-state index contributed by atoms with van der Waals surface area (Å²) in [5.41, 5.74) is 2.44. The molecular weight excluding hydrogens is 200 g/mol. The Balaban J connectivity index is 2.03. The highest BCUT2D eigenvalue weighted by atomic mass is 16.5. The highest BCUT2D eigenvalue weighted by Gasteiger charge is 2.25. The maximum atomic E-state index is 5.73. The first kappa shape index (κ1) is 11.6. The fraction of sp³-hybridized carbons (Fsp3) is 0.615. The molecule has 0 bridgehead atoms. The van der Waals surface area contributed by atoms with Gasteiger partial charge in [-0.15, -0.1) is 0 Å². The van der Waals surface area contributed by atoms with Crippen molar-refractivity contribution in [3.8, 4) is 0 Å². The molecule has 2 heterocycles. The Bertz CT molecular complexity index is 334. The van der Waals surface area contributed by atoms with Gasteiger partial charge < -0.3 is 10.1 Å². The molecule has 1 fully saturated rings. The van der Waals surface area contributed by atoms with Crippen molar-refractivity contribution in [1.82, 2.24) is 10.3 Å². The number of rotatable bonds is 4. The third kappa shape index (κ3) is 2.60. The SMILES string of the molecule is CNC(Cc1ncccc1C)C1CCCO1. The summed E-state index contributed by atoms with van der Waals surface area (Å²) in [6, 6.07) is 4.49. The molecule has 1 saturated heterocycles. The van der Waals surface area contributed by atoms with Crippen LogP contribution in [0.2, 0.25) is 0 Å². The quantitative estimate of drug-likeness (QED) is 0.838. The Labute approximate surface area is 97.2 Å². The van der Waals surface area contributed by atoms with Gasteiger partial charge in [0.05, 0.1) is 6.10 Å². The number of aryl methyl sites for hydroxylation is 1. The van der Waals surface area contributed by atoms with E-state index in [0.717, 1.165) is 19.4 Å². The van der Waals surface area contributed by atoms with Crippen LogP contribution in [0.15, 0.2) is 18.3 Å². The largest absolute Gasteiger partial charge is 0.377 e. The van der Waals surface area contributed by atoms with Gasteiger partial charge in [0.25, 0.3) is 0 Å². The van der Waals surface area contributed by atoms with E-state index in [9.17, 15) is 0 Å². The van der Waals surface area contributed by atoms with Gasteiger partial charge in [-0.05, 0) is 38.4 Å². The number of likely N-dealkylation sites (N-methyl/N-ethyl adjacent to an activating group) is 1. The lowest BCUT2D eigenvalue weighted by atomic mass is 10.0. The molecule has 0 spiro atoms. The molecule has 0 saturated carbocycles. The van der Waals surface area contributed by atoms with E-state index in [2.05, 4.69) is 23.3 Å². The zero-order chi connectivity index (χ0) is 11.4. The van der Waals surface area contributed by atoms with Gasteiger partial charge >= 0.3 is 0 Å². The lowest BCUT2D eigenvalue weighted by Crippen LogP contribution is -2.39. The lowest BCUT2D eigenvalue weighted by molar-refractivity contribution is 0.0805. The van der Waals surface area contributed by atoms with Gasteiger partial charge in [0, 0.05) is 31.0 Å². The third-order valence-corrected chi connectivity index (χ3v) is 3.32. The van der Waals surface area contributed by atoms with Crippen molar-refractivity contribution in [2.24, 2.45) is 0 Å². The molecule has 2 unspecified atom stereocenters. The standard InChI is InChI=1S/C13H20N2O/c1-10-5-3-7-15-11(10)9-12(14-2)13-6-4-8-16-13/h3,5,7,12-14H,4,6,8-9H2,1-2H3. The van der Waals surface area contributed by atoms with Crippen molar-refractivity contribution < 1.29 is 4.74 Å². The molecule has 1 N–H and O–H groups in total. The Hall–Kier alpha value is -0.930. The molecule has 2 rings (SSSR count). The number of hydrogen-bond donors (Lipinski definition) is 1. The fourth-order valence-electron chi connectivity index (χ4n) is 2.28. The predicted octanol–water partition coefficient (Wildman–Crippen LogP) is 1.70. The van der Waals surface area contributed by atoms with E-state index in [4.69, 9.17) is 4.74 Å². The summed E-state index contributed by atoms with van der Waals surface area (Å²) in [4.78, 5) is 4.44.